The van der Waals surface area contributed by atoms with Crippen LogP contribution in [-0.2, 0) is 9.59 Å². The van der Waals surface area contributed by atoms with Gasteiger partial charge in [0.15, 0.2) is 6.10 Å². The van der Waals surface area contributed by atoms with E-state index in [9.17, 15) is 14.7 Å². The number of allylic oxidation sites excluding steroid dienone is 2. The van der Waals surface area contributed by atoms with Gasteiger partial charge in [0.1, 0.15) is 5.78 Å². The number of unbranched alkanes of at least 4 members (excludes halogenated alkanes) is 2. The molecule has 3 atom stereocenters. The molecular weight excluding hydrogens is 316 g/mol. The maximum Gasteiger partial charge on any atom is 0.332 e. The van der Waals surface area contributed by atoms with Gasteiger partial charge >= 0.3 is 5.97 Å². The van der Waals surface area contributed by atoms with E-state index in [2.05, 4.69) is 32.9 Å². The molecule has 0 amide bonds. The monoisotopic (exact) mass is 352 g/mol. The maximum absolute atomic E-state index is 12.1. The first-order valence-corrected chi connectivity index (χ1v) is 9.87. The summed E-state index contributed by atoms with van der Waals surface area (Å²) in [6, 6.07) is 0. The topological polar surface area (TPSA) is 74.6 Å². The molecule has 0 heterocycles. The summed E-state index contributed by atoms with van der Waals surface area (Å²) in [5, 5.41) is 18.0. The number of aliphatic hydroxyl groups is 1. The molecule has 0 aromatic rings. The van der Waals surface area contributed by atoms with Gasteiger partial charge in [-0.05, 0) is 43.4 Å². The van der Waals surface area contributed by atoms with Crippen molar-refractivity contribution in [3.63, 3.8) is 0 Å². The summed E-state index contributed by atoms with van der Waals surface area (Å²) in [7, 11) is 0. The van der Waals surface area contributed by atoms with Gasteiger partial charge in [-0.3, -0.25) is 4.79 Å². The van der Waals surface area contributed by atoms with Crippen molar-refractivity contribution < 1.29 is 19.8 Å². The number of carbonyl (C=O) groups is 2. The molecule has 0 spiro atoms. The molecule has 0 aromatic carbocycles. The Morgan fingerprint density at radius 3 is 2.68 bits per heavy atom. The average molecular weight is 353 g/mol. The molecule has 1 fully saturated rings. The van der Waals surface area contributed by atoms with Crippen molar-refractivity contribution >= 4 is 11.8 Å². The molecule has 0 aromatic heterocycles. The first-order chi connectivity index (χ1) is 11.8. The van der Waals surface area contributed by atoms with E-state index in [4.69, 9.17) is 5.11 Å². The van der Waals surface area contributed by atoms with E-state index in [1.165, 1.54) is 19.3 Å². The maximum atomic E-state index is 12.1. The van der Waals surface area contributed by atoms with Gasteiger partial charge in [-0.1, -0.05) is 58.6 Å². The van der Waals surface area contributed by atoms with Gasteiger partial charge in [-0.15, -0.1) is 0 Å². The predicted octanol–water partition coefficient (Wildman–Crippen LogP) is 4.75. The van der Waals surface area contributed by atoms with Crippen LogP contribution in [0.15, 0.2) is 12.2 Å². The number of aliphatic carboxylic acids is 1. The Labute approximate surface area is 152 Å². The molecule has 0 saturated heterocycles. The Morgan fingerprint density at radius 1 is 1.32 bits per heavy atom. The second kappa shape index (κ2) is 10.7. The van der Waals surface area contributed by atoms with Gasteiger partial charge in [0.05, 0.1) is 0 Å². The van der Waals surface area contributed by atoms with Crippen LogP contribution in [0.3, 0.4) is 0 Å². The van der Waals surface area contributed by atoms with Gasteiger partial charge in [0, 0.05) is 12.3 Å². The molecule has 144 valence electrons. The third kappa shape index (κ3) is 8.17. The SMILES string of the molecule is CCCCC(C)(C)CC=C[C@H]1CCC(=O)[C@@H]1CCCCC(O)C(=O)O. The van der Waals surface area contributed by atoms with E-state index in [0.29, 0.717) is 30.0 Å². The van der Waals surface area contributed by atoms with Crippen LogP contribution in [0.4, 0.5) is 0 Å². The van der Waals surface area contributed by atoms with Crippen molar-refractivity contribution in [2.75, 3.05) is 0 Å². The fourth-order valence-electron chi connectivity index (χ4n) is 3.68. The fourth-order valence-corrected chi connectivity index (χ4v) is 3.68. The van der Waals surface area contributed by atoms with E-state index in [1.54, 1.807) is 0 Å². The van der Waals surface area contributed by atoms with Crippen molar-refractivity contribution in [1.29, 1.82) is 0 Å². The number of carboxylic acids is 1. The lowest BCUT2D eigenvalue weighted by atomic mass is 9.83. The van der Waals surface area contributed by atoms with Crippen LogP contribution in [-0.4, -0.2) is 28.1 Å². The molecule has 4 heteroatoms. The molecule has 1 aliphatic rings. The number of hydrogen-bond donors (Lipinski definition) is 2. The van der Waals surface area contributed by atoms with Crippen LogP contribution in [0.25, 0.3) is 0 Å². The van der Waals surface area contributed by atoms with Crippen molar-refractivity contribution in [3.8, 4) is 0 Å². The van der Waals surface area contributed by atoms with Crippen LogP contribution in [0.1, 0.15) is 85.0 Å². The highest BCUT2D eigenvalue weighted by molar-refractivity contribution is 5.83. The van der Waals surface area contributed by atoms with E-state index < -0.39 is 12.1 Å². The highest BCUT2D eigenvalue weighted by atomic mass is 16.4. The number of ketones is 1. The quantitative estimate of drug-likeness (QED) is 0.392. The highest BCUT2D eigenvalue weighted by Crippen LogP contribution is 2.35. The Balaban J connectivity index is 2.41. The summed E-state index contributed by atoms with van der Waals surface area (Å²) in [5.41, 5.74) is 0.317. The van der Waals surface area contributed by atoms with Crippen LogP contribution < -0.4 is 0 Å². The lowest BCUT2D eigenvalue weighted by molar-refractivity contribution is -0.147. The van der Waals surface area contributed by atoms with Crippen molar-refractivity contribution in [1.82, 2.24) is 0 Å². The number of carboxylic acid groups (broad SMARTS) is 1. The summed E-state index contributed by atoms with van der Waals surface area (Å²) < 4.78 is 0. The largest absolute Gasteiger partial charge is 0.479 e. The number of hydrogen-bond acceptors (Lipinski definition) is 3. The van der Waals surface area contributed by atoms with Gasteiger partial charge in [-0.2, -0.15) is 0 Å². The zero-order valence-corrected chi connectivity index (χ0v) is 16.2. The van der Waals surface area contributed by atoms with Crippen LogP contribution >= 0.6 is 0 Å². The number of Topliss-reactive ketones (excluding diaryl/α,β-unsaturated/α-hetero) is 1. The zero-order valence-electron chi connectivity index (χ0n) is 16.2. The number of aliphatic hydroxyl groups excluding tert-OH is 1. The standard InChI is InChI=1S/C21H36O4/c1-4-5-14-21(2,3)15-8-9-16-12-13-18(22)17(16)10-6-7-11-19(23)20(24)25/h8-9,16-17,19,23H,4-7,10-15H2,1-3H3,(H,24,25)/t16-,17+,19?/m0/s1. The Hall–Kier alpha value is -1.16. The molecule has 2 N–H and O–H groups in total. The van der Waals surface area contributed by atoms with Crippen molar-refractivity contribution in [2.24, 2.45) is 17.3 Å². The Morgan fingerprint density at radius 2 is 2.04 bits per heavy atom. The summed E-state index contributed by atoms with van der Waals surface area (Å²) in [5.74, 6) is -0.405. The number of rotatable bonds is 12. The fraction of sp³-hybridized carbons (Fsp3) is 0.810. The lowest BCUT2D eigenvalue weighted by Crippen LogP contribution is -2.19. The molecule has 25 heavy (non-hydrogen) atoms. The van der Waals surface area contributed by atoms with Crippen LogP contribution in [0.2, 0.25) is 0 Å². The third-order valence-electron chi connectivity index (χ3n) is 5.44. The summed E-state index contributed by atoms with van der Waals surface area (Å²) in [4.78, 5) is 22.8. The molecule has 0 bridgehead atoms. The molecule has 0 aliphatic heterocycles. The van der Waals surface area contributed by atoms with Crippen LogP contribution in [0.5, 0.6) is 0 Å². The van der Waals surface area contributed by atoms with E-state index in [1.807, 2.05) is 0 Å². The molecule has 1 saturated carbocycles. The van der Waals surface area contributed by atoms with Gasteiger partial charge in [-0.25, -0.2) is 4.79 Å². The zero-order chi connectivity index (χ0) is 18.9. The second-order valence-corrected chi connectivity index (χ2v) is 8.31. The summed E-state index contributed by atoms with van der Waals surface area (Å²) >= 11 is 0. The molecule has 4 nitrogen and oxygen atoms in total. The van der Waals surface area contributed by atoms with Gasteiger partial charge in [0.25, 0.3) is 0 Å². The van der Waals surface area contributed by atoms with Gasteiger partial charge < -0.3 is 10.2 Å². The highest BCUT2D eigenvalue weighted by Gasteiger charge is 2.32. The first-order valence-electron chi connectivity index (χ1n) is 9.87. The summed E-state index contributed by atoms with van der Waals surface area (Å²) in [6.07, 6.45) is 12.1. The number of carbonyl (C=O) groups excluding carboxylic acids is 1. The van der Waals surface area contributed by atoms with Crippen LogP contribution in [0, 0.1) is 17.3 Å². The smallest absolute Gasteiger partial charge is 0.332 e. The van der Waals surface area contributed by atoms with E-state index >= 15 is 0 Å². The minimum absolute atomic E-state index is 0.0805. The first kappa shape index (κ1) is 21.9. The predicted molar refractivity (Wildman–Crippen MR) is 100 cm³/mol. The molecular formula is C21H36O4. The molecule has 1 unspecified atom stereocenters. The van der Waals surface area contributed by atoms with Crippen molar-refractivity contribution in [3.05, 3.63) is 12.2 Å². The van der Waals surface area contributed by atoms with Crippen molar-refractivity contribution in [2.45, 2.75) is 91.1 Å². The Bertz CT molecular complexity index is 453. The van der Waals surface area contributed by atoms with Gasteiger partial charge in [0.2, 0.25) is 0 Å². The average Bonchev–Trinajstić information content (AvgIpc) is 2.89. The minimum Gasteiger partial charge on any atom is -0.479 e. The third-order valence-corrected chi connectivity index (χ3v) is 5.44. The Kier molecular flexibility index (Phi) is 9.41. The molecule has 1 aliphatic carbocycles. The van der Waals surface area contributed by atoms with E-state index in [0.717, 1.165) is 25.7 Å². The normalized spacial score (nSPS) is 22.6. The second-order valence-electron chi connectivity index (χ2n) is 8.31. The van der Waals surface area contributed by atoms with E-state index in [-0.39, 0.29) is 12.3 Å². The minimum atomic E-state index is -1.28. The summed E-state index contributed by atoms with van der Waals surface area (Å²) in [6.45, 7) is 6.83. The molecule has 1 rings (SSSR count). The lowest BCUT2D eigenvalue weighted by Gasteiger charge is -2.23. The molecule has 0 radical (unpaired) electrons.